The zero-order valence-electron chi connectivity index (χ0n) is 16.2. The van der Waals surface area contributed by atoms with Crippen LogP contribution in [-0.2, 0) is 11.2 Å². The second-order valence-electron chi connectivity index (χ2n) is 7.46. The highest BCUT2D eigenvalue weighted by Gasteiger charge is 2.28. The van der Waals surface area contributed by atoms with Crippen molar-refractivity contribution < 1.29 is 9.32 Å². The molecule has 3 heterocycles. The molecule has 1 aromatic carbocycles. The van der Waals surface area contributed by atoms with E-state index >= 15 is 0 Å². The van der Waals surface area contributed by atoms with E-state index < -0.39 is 0 Å². The van der Waals surface area contributed by atoms with Crippen molar-refractivity contribution in [2.24, 2.45) is 0 Å². The third-order valence-electron chi connectivity index (χ3n) is 5.05. The van der Waals surface area contributed by atoms with Crippen molar-refractivity contribution in [1.29, 1.82) is 0 Å². The fourth-order valence-electron chi connectivity index (χ4n) is 3.36. The minimum Gasteiger partial charge on any atom is -0.340 e. The van der Waals surface area contributed by atoms with E-state index in [-0.39, 0.29) is 17.9 Å². The first-order valence-corrected chi connectivity index (χ1v) is 9.67. The van der Waals surface area contributed by atoms with Crippen molar-refractivity contribution in [2.75, 3.05) is 13.1 Å². The minimum atomic E-state index is 0.120. The molecule has 0 N–H and O–H groups in total. The van der Waals surface area contributed by atoms with Crippen LogP contribution >= 0.6 is 0 Å². The number of hydrogen-bond acceptors (Lipinski definition) is 6. The molecule has 0 spiro atoms. The predicted molar refractivity (Wildman–Crippen MR) is 102 cm³/mol. The molecule has 146 valence electrons. The Bertz CT molecular complexity index is 933. The van der Waals surface area contributed by atoms with Crippen molar-refractivity contribution in [3.05, 3.63) is 47.9 Å². The molecule has 1 aliphatic heterocycles. The lowest BCUT2D eigenvalue weighted by Gasteiger charge is -2.16. The van der Waals surface area contributed by atoms with Gasteiger partial charge in [0.2, 0.25) is 5.91 Å². The van der Waals surface area contributed by atoms with Crippen LogP contribution in [0.5, 0.6) is 0 Å². The van der Waals surface area contributed by atoms with E-state index in [0.717, 1.165) is 19.4 Å². The fraction of sp³-hybridized carbons (Fsp3) is 0.450. The van der Waals surface area contributed by atoms with Crippen molar-refractivity contribution in [1.82, 2.24) is 30.0 Å². The number of rotatable bonds is 6. The highest BCUT2D eigenvalue weighted by atomic mass is 16.5. The Hall–Kier alpha value is -3.03. The van der Waals surface area contributed by atoms with Gasteiger partial charge in [0, 0.05) is 25.4 Å². The number of hydrogen-bond donors (Lipinski definition) is 0. The Kier molecular flexibility index (Phi) is 5.18. The summed E-state index contributed by atoms with van der Waals surface area (Å²) in [5.74, 6) is 1.41. The third kappa shape index (κ3) is 3.95. The average molecular weight is 380 g/mol. The molecule has 1 amide bonds. The van der Waals surface area contributed by atoms with E-state index in [1.165, 1.54) is 5.56 Å². The van der Waals surface area contributed by atoms with Gasteiger partial charge in [-0.25, -0.2) is 4.68 Å². The van der Waals surface area contributed by atoms with Gasteiger partial charge in [-0.3, -0.25) is 4.79 Å². The van der Waals surface area contributed by atoms with Gasteiger partial charge in [0.15, 0.2) is 11.5 Å². The second-order valence-corrected chi connectivity index (χ2v) is 7.46. The average Bonchev–Trinajstić information content (AvgIpc) is 3.46. The van der Waals surface area contributed by atoms with E-state index in [1.807, 2.05) is 43.1 Å². The molecule has 2 aromatic heterocycles. The summed E-state index contributed by atoms with van der Waals surface area (Å²) in [5.41, 5.74) is 1.75. The lowest BCUT2D eigenvalue weighted by Crippen LogP contribution is -2.29. The van der Waals surface area contributed by atoms with Gasteiger partial charge in [-0.15, -0.1) is 5.10 Å². The monoisotopic (exact) mass is 380 g/mol. The third-order valence-corrected chi connectivity index (χ3v) is 5.05. The van der Waals surface area contributed by atoms with Crippen LogP contribution in [0.15, 0.2) is 41.1 Å². The van der Waals surface area contributed by atoms with Crippen LogP contribution in [-0.4, -0.2) is 49.0 Å². The number of carbonyl (C=O) groups is 1. The summed E-state index contributed by atoms with van der Waals surface area (Å²) in [6.45, 7) is 5.41. The molecule has 28 heavy (non-hydrogen) atoms. The van der Waals surface area contributed by atoms with Crippen LogP contribution in [0.1, 0.15) is 50.0 Å². The van der Waals surface area contributed by atoms with E-state index in [2.05, 4.69) is 32.6 Å². The second kappa shape index (κ2) is 7.92. The summed E-state index contributed by atoms with van der Waals surface area (Å²) in [6, 6.07) is 10.2. The maximum absolute atomic E-state index is 12.5. The molecule has 8 nitrogen and oxygen atoms in total. The number of nitrogens with zero attached hydrogens (tertiary/aromatic N) is 6. The molecule has 8 heteroatoms. The quantitative estimate of drug-likeness (QED) is 0.653. The standard InChI is InChI=1S/C20H24N6O2/c1-14(2)19-21-20(28-23-19)17-13-26(24-22-17)16-10-11-25(12-16)18(27)9-8-15-6-4-3-5-7-15/h3-7,13-14,16H,8-12H2,1-2H3. The summed E-state index contributed by atoms with van der Waals surface area (Å²) >= 11 is 0. The molecule has 0 bridgehead atoms. The Balaban J connectivity index is 1.35. The Morgan fingerprint density at radius 2 is 2.11 bits per heavy atom. The molecule has 1 saturated heterocycles. The lowest BCUT2D eigenvalue weighted by molar-refractivity contribution is -0.130. The van der Waals surface area contributed by atoms with Gasteiger partial charge < -0.3 is 9.42 Å². The van der Waals surface area contributed by atoms with E-state index in [9.17, 15) is 4.79 Å². The fourth-order valence-corrected chi connectivity index (χ4v) is 3.36. The Labute approximate surface area is 163 Å². The van der Waals surface area contributed by atoms with Crippen LogP contribution in [0.4, 0.5) is 0 Å². The molecule has 1 unspecified atom stereocenters. The van der Waals surface area contributed by atoms with Gasteiger partial charge >= 0.3 is 0 Å². The van der Waals surface area contributed by atoms with Crippen LogP contribution in [0.25, 0.3) is 11.6 Å². The van der Waals surface area contributed by atoms with E-state index in [0.29, 0.717) is 30.4 Å². The summed E-state index contributed by atoms with van der Waals surface area (Å²) in [7, 11) is 0. The molecule has 0 saturated carbocycles. The van der Waals surface area contributed by atoms with Gasteiger partial charge in [0.25, 0.3) is 5.89 Å². The van der Waals surface area contributed by atoms with Crippen molar-refractivity contribution >= 4 is 5.91 Å². The molecule has 0 aliphatic carbocycles. The van der Waals surface area contributed by atoms with Crippen molar-refractivity contribution in [3.63, 3.8) is 0 Å². The number of benzene rings is 1. The molecular weight excluding hydrogens is 356 g/mol. The SMILES string of the molecule is CC(C)c1noc(-c2cn(C3CCN(C(=O)CCc4ccccc4)C3)nn2)n1. The van der Waals surface area contributed by atoms with Crippen molar-refractivity contribution in [2.45, 2.75) is 45.1 Å². The van der Waals surface area contributed by atoms with Crippen LogP contribution in [0.3, 0.4) is 0 Å². The summed E-state index contributed by atoms with van der Waals surface area (Å²) in [6.07, 6.45) is 3.98. The first kappa shape index (κ1) is 18.3. The Morgan fingerprint density at radius 3 is 2.86 bits per heavy atom. The highest BCUT2D eigenvalue weighted by molar-refractivity contribution is 5.76. The first-order chi connectivity index (χ1) is 13.6. The molecule has 1 aliphatic rings. The topological polar surface area (TPSA) is 89.9 Å². The first-order valence-electron chi connectivity index (χ1n) is 9.67. The zero-order chi connectivity index (χ0) is 19.5. The van der Waals surface area contributed by atoms with Gasteiger partial charge in [-0.1, -0.05) is 54.5 Å². The zero-order valence-corrected chi connectivity index (χ0v) is 16.2. The number of amides is 1. The number of aromatic nitrogens is 5. The maximum Gasteiger partial charge on any atom is 0.280 e. The number of aryl methyl sites for hydroxylation is 1. The van der Waals surface area contributed by atoms with Gasteiger partial charge in [0.1, 0.15) is 0 Å². The molecule has 4 rings (SSSR count). The van der Waals surface area contributed by atoms with Crippen molar-refractivity contribution in [3.8, 4) is 11.6 Å². The van der Waals surface area contributed by atoms with E-state index in [1.54, 1.807) is 4.68 Å². The smallest absolute Gasteiger partial charge is 0.280 e. The van der Waals surface area contributed by atoms with Crippen LogP contribution in [0.2, 0.25) is 0 Å². The highest BCUT2D eigenvalue weighted by Crippen LogP contribution is 2.24. The number of carbonyl (C=O) groups excluding carboxylic acids is 1. The summed E-state index contributed by atoms with van der Waals surface area (Å²) < 4.78 is 7.08. The molecule has 3 aromatic rings. The summed E-state index contributed by atoms with van der Waals surface area (Å²) in [5, 5.41) is 12.3. The molecule has 1 atom stereocenters. The Morgan fingerprint density at radius 1 is 1.29 bits per heavy atom. The largest absolute Gasteiger partial charge is 0.340 e. The van der Waals surface area contributed by atoms with Crippen LogP contribution in [0, 0.1) is 0 Å². The molecule has 0 radical (unpaired) electrons. The van der Waals surface area contributed by atoms with Crippen LogP contribution < -0.4 is 0 Å². The van der Waals surface area contributed by atoms with Gasteiger partial charge in [0.05, 0.1) is 12.2 Å². The van der Waals surface area contributed by atoms with E-state index in [4.69, 9.17) is 4.52 Å². The predicted octanol–water partition coefficient (Wildman–Crippen LogP) is 2.86. The minimum absolute atomic E-state index is 0.120. The normalized spacial score (nSPS) is 16.8. The summed E-state index contributed by atoms with van der Waals surface area (Å²) in [4.78, 5) is 18.8. The molecular formula is C20H24N6O2. The number of likely N-dealkylation sites (tertiary alicyclic amines) is 1. The molecule has 1 fully saturated rings. The van der Waals surface area contributed by atoms with Gasteiger partial charge in [-0.05, 0) is 18.4 Å². The lowest BCUT2D eigenvalue weighted by atomic mass is 10.1. The maximum atomic E-state index is 12.5. The van der Waals surface area contributed by atoms with Gasteiger partial charge in [-0.2, -0.15) is 4.98 Å².